The molecule has 0 saturated heterocycles. The van der Waals surface area contributed by atoms with Crippen molar-refractivity contribution < 1.29 is 28.9 Å². The number of aliphatic carboxylic acids is 1. The average molecular weight is 521 g/mol. The van der Waals surface area contributed by atoms with Crippen molar-refractivity contribution >= 4 is 44.4 Å². The summed E-state index contributed by atoms with van der Waals surface area (Å²) < 4.78 is 17.9. The lowest BCUT2D eigenvalue weighted by Gasteiger charge is -2.28. The maximum absolute atomic E-state index is 12.6. The van der Waals surface area contributed by atoms with Gasteiger partial charge in [-0.1, -0.05) is 0 Å². The van der Waals surface area contributed by atoms with Crippen LogP contribution in [0.4, 0.5) is 0 Å². The third-order valence-corrected chi connectivity index (χ3v) is 7.24. The van der Waals surface area contributed by atoms with Gasteiger partial charge in [-0.2, -0.15) is 0 Å². The monoisotopic (exact) mass is 520 g/mol. The third-order valence-electron chi connectivity index (χ3n) is 6.17. The van der Waals surface area contributed by atoms with Crippen LogP contribution in [0.15, 0.2) is 30.5 Å². The number of benzene rings is 2. The number of aryl methyl sites for hydroxylation is 1. The molecule has 0 spiro atoms. The predicted molar refractivity (Wildman–Crippen MR) is 141 cm³/mol. The van der Waals surface area contributed by atoms with Crippen molar-refractivity contribution in [2.45, 2.75) is 52.7 Å². The molecule has 0 amide bonds. The minimum atomic E-state index is -1.25. The molecule has 37 heavy (non-hydrogen) atoms. The molecule has 0 bridgehead atoms. The number of nitrogens with zero attached hydrogens (tertiary/aromatic N) is 2. The number of hydrogen-bond donors (Lipinski definition) is 1. The van der Waals surface area contributed by atoms with Gasteiger partial charge in [0.2, 0.25) is 5.01 Å². The molecule has 3 heterocycles. The van der Waals surface area contributed by atoms with Crippen LogP contribution >= 0.6 is 11.3 Å². The lowest BCUT2D eigenvalue weighted by atomic mass is 9.89. The Hall–Kier alpha value is -3.56. The van der Waals surface area contributed by atoms with E-state index in [9.17, 15) is 14.7 Å². The Balaban J connectivity index is 1.89. The van der Waals surface area contributed by atoms with Gasteiger partial charge in [0.25, 0.3) is 0 Å². The highest BCUT2D eigenvalue weighted by Gasteiger charge is 2.33. The summed E-state index contributed by atoms with van der Waals surface area (Å²) in [6.07, 6.45) is 1.26. The number of carboxylic acids is 1. The van der Waals surface area contributed by atoms with Crippen LogP contribution in [-0.4, -0.2) is 45.8 Å². The van der Waals surface area contributed by atoms with E-state index in [1.54, 1.807) is 19.2 Å². The van der Waals surface area contributed by atoms with Gasteiger partial charge in [-0.3, -0.25) is 4.98 Å². The minimum absolute atomic E-state index is 0.206. The SMILES string of the molecule is CCOC(=O)c1nc2cc(C)c([C@H](OC(C)(C)C)C(=O)O)c(-c3ccc4c5c(ccnc35)CCO4)c2s1. The molecular weight excluding hydrogens is 492 g/mol. The van der Waals surface area contributed by atoms with Crippen LogP contribution in [0.25, 0.3) is 32.2 Å². The van der Waals surface area contributed by atoms with Crippen LogP contribution in [0.3, 0.4) is 0 Å². The summed E-state index contributed by atoms with van der Waals surface area (Å²) in [5.74, 6) is -0.874. The molecule has 2 aromatic heterocycles. The molecule has 8 nitrogen and oxygen atoms in total. The van der Waals surface area contributed by atoms with Gasteiger partial charge in [0.15, 0.2) is 6.10 Å². The van der Waals surface area contributed by atoms with Gasteiger partial charge in [-0.25, -0.2) is 14.6 Å². The number of hydrogen-bond acceptors (Lipinski definition) is 8. The van der Waals surface area contributed by atoms with Crippen LogP contribution in [0.2, 0.25) is 0 Å². The van der Waals surface area contributed by atoms with Crippen LogP contribution in [0, 0.1) is 6.92 Å². The van der Waals surface area contributed by atoms with E-state index >= 15 is 0 Å². The van der Waals surface area contributed by atoms with Gasteiger partial charge in [-0.15, -0.1) is 11.3 Å². The van der Waals surface area contributed by atoms with Crippen LogP contribution < -0.4 is 4.74 Å². The third kappa shape index (κ3) is 4.53. The number of pyridine rings is 1. The maximum Gasteiger partial charge on any atom is 0.367 e. The first-order chi connectivity index (χ1) is 17.6. The lowest BCUT2D eigenvalue weighted by molar-refractivity contribution is -0.160. The molecule has 0 unspecified atom stereocenters. The Labute approximate surface area is 218 Å². The Morgan fingerprint density at radius 2 is 2.03 bits per heavy atom. The Morgan fingerprint density at radius 1 is 1.24 bits per heavy atom. The quantitative estimate of drug-likeness (QED) is 0.314. The zero-order valence-electron chi connectivity index (χ0n) is 21.4. The van der Waals surface area contributed by atoms with Crippen molar-refractivity contribution in [1.29, 1.82) is 0 Å². The number of rotatable bonds is 6. The van der Waals surface area contributed by atoms with Crippen LogP contribution in [-0.2, 0) is 20.7 Å². The molecule has 1 aliphatic rings. The standard InChI is InChI=1S/C28H28N2O6S/c1-6-34-27(33)25-30-17-13-14(2)19(23(26(31)32)36-28(3,4)5)21(24(17)37-25)16-7-8-18-20-15(10-12-35-18)9-11-29-22(16)20/h7-9,11,13,23H,6,10,12H2,1-5H3,(H,31,32)/t23-/m0/s1. The smallest absolute Gasteiger partial charge is 0.367 e. The van der Waals surface area contributed by atoms with Crippen molar-refractivity contribution in [3.05, 3.63) is 52.2 Å². The molecular formula is C28H28N2O6S. The fraction of sp³-hybridized carbons (Fsp3) is 0.357. The second-order valence-corrected chi connectivity index (χ2v) is 10.9. The van der Waals surface area contributed by atoms with Crippen molar-refractivity contribution in [3.63, 3.8) is 0 Å². The zero-order chi connectivity index (χ0) is 26.5. The molecule has 0 aliphatic carbocycles. The molecule has 1 N–H and O–H groups in total. The highest BCUT2D eigenvalue weighted by molar-refractivity contribution is 7.20. The topological polar surface area (TPSA) is 108 Å². The Bertz CT molecular complexity index is 1540. The summed E-state index contributed by atoms with van der Waals surface area (Å²) >= 11 is 1.18. The second-order valence-electron chi connectivity index (χ2n) is 9.92. The van der Waals surface area contributed by atoms with Crippen molar-refractivity contribution in [3.8, 4) is 16.9 Å². The Morgan fingerprint density at radius 3 is 2.73 bits per heavy atom. The van der Waals surface area contributed by atoms with Crippen LogP contribution in [0.5, 0.6) is 5.75 Å². The molecule has 192 valence electrons. The number of thiazole rings is 1. The number of carboxylic acid groups (broad SMARTS) is 1. The first-order valence-electron chi connectivity index (χ1n) is 12.1. The van der Waals surface area contributed by atoms with Crippen LogP contribution in [0.1, 0.15) is 60.3 Å². The number of esters is 1. The molecule has 0 fully saturated rings. The van der Waals surface area contributed by atoms with Gasteiger partial charge in [0, 0.05) is 34.7 Å². The van der Waals surface area contributed by atoms with E-state index in [-0.39, 0.29) is 11.6 Å². The van der Waals surface area contributed by atoms with Gasteiger partial charge < -0.3 is 19.3 Å². The highest BCUT2D eigenvalue weighted by atomic mass is 32.1. The second kappa shape index (κ2) is 9.39. The number of carbonyl (C=O) groups is 2. The Kier molecular flexibility index (Phi) is 6.37. The number of fused-ring (bicyclic) bond motifs is 1. The first-order valence-corrected chi connectivity index (χ1v) is 13.0. The van der Waals surface area contributed by atoms with Gasteiger partial charge in [-0.05, 0) is 70.0 Å². The van der Waals surface area contributed by atoms with Crippen molar-refractivity contribution in [2.75, 3.05) is 13.2 Å². The summed E-state index contributed by atoms with van der Waals surface area (Å²) in [5.41, 5.74) is 4.26. The van der Waals surface area contributed by atoms with Gasteiger partial charge >= 0.3 is 11.9 Å². The molecule has 2 aromatic carbocycles. The lowest BCUT2D eigenvalue weighted by Crippen LogP contribution is -2.28. The number of ether oxygens (including phenoxy) is 3. The molecule has 5 rings (SSSR count). The van der Waals surface area contributed by atoms with E-state index in [4.69, 9.17) is 19.2 Å². The average Bonchev–Trinajstić information content (AvgIpc) is 3.26. The fourth-order valence-corrected chi connectivity index (χ4v) is 5.80. The van der Waals surface area contributed by atoms with E-state index in [2.05, 4.69) is 4.98 Å². The van der Waals surface area contributed by atoms with Crippen molar-refractivity contribution in [1.82, 2.24) is 9.97 Å². The highest BCUT2D eigenvalue weighted by Crippen LogP contribution is 2.46. The van der Waals surface area contributed by atoms with Crippen molar-refractivity contribution in [2.24, 2.45) is 0 Å². The minimum Gasteiger partial charge on any atom is -0.493 e. The molecule has 0 saturated carbocycles. The fourth-order valence-electron chi connectivity index (χ4n) is 4.79. The predicted octanol–water partition coefficient (Wildman–Crippen LogP) is 5.87. The largest absolute Gasteiger partial charge is 0.493 e. The summed E-state index contributed by atoms with van der Waals surface area (Å²) in [5, 5.41) is 11.4. The van der Waals surface area contributed by atoms with E-state index in [1.165, 1.54) is 11.3 Å². The van der Waals surface area contributed by atoms with Gasteiger partial charge in [0.05, 0.1) is 34.5 Å². The summed E-state index contributed by atoms with van der Waals surface area (Å²) in [6.45, 7) is 9.86. The van der Waals surface area contributed by atoms with Gasteiger partial charge in [0.1, 0.15) is 5.75 Å². The molecule has 4 aromatic rings. The maximum atomic E-state index is 12.6. The summed E-state index contributed by atoms with van der Waals surface area (Å²) in [4.78, 5) is 34.5. The number of aromatic nitrogens is 2. The summed E-state index contributed by atoms with van der Waals surface area (Å²) in [6, 6.07) is 7.58. The van der Waals surface area contributed by atoms with E-state index in [0.29, 0.717) is 39.0 Å². The molecule has 1 atom stereocenters. The molecule has 9 heteroatoms. The first kappa shape index (κ1) is 25.1. The van der Waals surface area contributed by atoms with E-state index < -0.39 is 23.6 Å². The zero-order valence-corrected chi connectivity index (χ0v) is 22.2. The number of carbonyl (C=O) groups excluding carboxylic acids is 1. The molecule has 1 aliphatic heterocycles. The summed E-state index contributed by atoms with van der Waals surface area (Å²) in [7, 11) is 0. The normalized spacial score (nSPS) is 14.0. The molecule has 0 radical (unpaired) electrons. The van der Waals surface area contributed by atoms with E-state index in [0.717, 1.165) is 28.7 Å². The van der Waals surface area contributed by atoms with E-state index in [1.807, 2.05) is 45.9 Å².